The first-order valence-electron chi connectivity index (χ1n) is 15.1. The summed E-state index contributed by atoms with van der Waals surface area (Å²) in [6.45, 7) is 2.05. The van der Waals surface area contributed by atoms with Crippen LogP contribution in [0.2, 0.25) is 0 Å². The molecule has 0 bridgehead atoms. The number of pyridine rings is 2. The fourth-order valence-electron chi connectivity index (χ4n) is 5.90. The van der Waals surface area contributed by atoms with Crippen LogP contribution in [0.3, 0.4) is 0 Å². The normalized spacial score (nSPS) is 11.2. The van der Waals surface area contributed by atoms with Gasteiger partial charge >= 0.3 is 0 Å². The molecule has 0 saturated heterocycles. The molecule has 212 valence electrons. The van der Waals surface area contributed by atoms with Gasteiger partial charge in [-0.2, -0.15) is 0 Å². The highest BCUT2D eigenvalue weighted by Crippen LogP contribution is 2.35. The van der Waals surface area contributed by atoms with Gasteiger partial charge in [0.25, 0.3) is 0 Å². The zero-order valence-electron chi connectivity index (χ0n) is 24.7. The summed E-state index contributed by atoms with van der Waals surface area (Å²) >= 11 is 0. The molecule has 8 rings (SSSR count). The van der Waals surface area contributed by atoms with E-state index in [2.05, 4.69) is 97.1 Å². The van der Waals surface area contributed by atoms with E-state index < -0.39 is 0 Å². The van der Waals surface area contributed by atoms with E-state index in [9.17, 15) is 0 Å². The molecule has 0 aliphatic heterocycles. The van der Waals surface area contributed by atoms with Crippen molar-refractivity contribution in [3.05, 3.63) is 157 Å². The van der Waals surface area contributed by atoms with Crippen LogP contribution >= 0.6 is 0 Å². The quantitative estimate of drug-likeness (QED) is 0.191. The molecule has 45 heavy (non-hydrogen) atoms. The lowest BCUT2D eigenvalue weighted by Gasteiger charge is -2.12. The lowest BCUT2D eigenvalue weighted by molar-refractivity contribution is 1.18. The van der Waals surface area contributed by atoms with Crippen molar-refractivity contribution in [3.63, 3.8) is 0 Å². The van der Waals surface area contributed by atoms with E-state index >= 15 is 0 Å². The first-order valence-corrected chi connectivity index (χ1v) is 15.1. The van der Waals surface area contributed by atoms with Crippen LogP contribution in [0.1, 0.15) is 5.69 Å². The van der Waals surface area contributed by atoms with E-state index in [4.69, 9.17) is 19.9 Å². The Kier molecular flexibility index (Phi) is 6.65. The third kappa shape index (κ3) is 5.13. The van der Waals surface area contributed by atoms with E-state index in [0.29, 0.717) is 5.82 Å². The van der Waals surface area contributed by atoms with Gasteiger partial charge in [0.15, 0.2) is 5.82 Å². The topological polar surface area (TPSA) is 51.6 Å². The molecule has 0 aliphatic rings. The van der Waals surface area contributed by atoms with Gasteiger partial charge in [-0.25, -0.2) is 15.0 Å². The first kappa shape index (κ1) is 26.6. The Hall–Kier alpha value is -6.00. The van der Waals surface area contributed by atoms with Crippen molar-refractivity contribution in [2.75, 3.05) is 0 Å². The predicted octanol–water partition coefficient (Wildman–Crippen LogP) is 10.2. The van der Waals surface area contributed by atoms with Gasteiger partial charge in [-0.15, -0.1) is 0 Å². The maximum atomic E-state index is 5.09. The minimum atomic E-state index is 0.696. The third-order valence-corrected chi connectivity index (χ3v) is 8.16. The predicted molar refractivity (Wildman–Crippen MR) is 185 cm³/mol. The molecule has 5 aromatic carbocycles. The van der Waals surface area contributed by atoms with Crippen molar-refractivity contribution < 1.29 is 0 Å². The Morgan fingerprint density at radius 1 is 0.378 bits per heavy atom. The second-order valence-electron chi connectivity index (χ2n) is 11.2. The molecule has 0 amide bonds. The van der Waals surface area contributed by atoms with Crippen LogP contribution in [-0.2, 0) is 0 Å². The first-order chi connectivity index (χ1) is 22.2. The number of rotatable bonds is 5. The van der Waals surface area contributed by atoms with Gasteiger partial charge in [0, 0.05) is 38.7 Å². The highest BCUT2D eigenvalue weighted by Gasteiger charge is 2.14. The van der Waals surface area contributed by atoms with Crippen molar-refractivity contribution in [1.82, 2.24) is 19.9 Å². The molecule has 3 aromatic heterocycles. The molecular weight excluding hydrogens is 548 g/mol. The van der Waals surface area contributed by atoms with E-state index in [1.54, 1.807) is 0 Å². The number of hydrogen-bond donors (Lipinski definition) is 0. The van der Waals surface area contributed by atoms with Gasteiger partial charge in [0.1, 0.15) is 0 Å². The Morgan fingerprint density at radius 2 is 0.911 bits per heavy atom. The van der Waals surface area contributed by atoms with Crippen LogP contribution in [0.5, 0.6) is 0 Å². The number of hydrogen-bond acceptors (Lipinski definition) is 4. The van der Waals surface area contributed by atoms with E-state index in [1.165, 1.54) is 0 Å². The minimum Gasteiger partial charge on any atom is -0.251 e. The van der Waals surface area contributed by atoms with Crippen molar-refractivity contribution >= 4 is 21.8 Å². The molecule has 0 radical (unpaired) electrons. The molecule has 0 N–H and O–H groups in total. The molecule has 0 saturated carbocycles. The molecular formula is C41H28N4. The number of aromatic nitrogens is 4. The van der Waals surface area contributed by atoms with Crippen molar-refractivity contribution in [3.8, 4) is 56.3 Å². The number of benzene rings is 5. The van der Waals surface area contributed by atoms with Crippen LogP contribution < -0.4 is 0 Å². The maximum absolute atomic E-state index is 5.09. The minimum absolute atomic E-state index is 0.696. The van der Waals surface area contributed by atoms with Crippen LogP contribution in [0, 0.1) is 6.92 Å². The fourth-order valence-corrected chi connectivity index (χ4v) is 5.90. The van der Waals surface area contributed by atoms with Gasteiger partial charge in [-0.05, 0) is 36.2 Å². The molecule has 3 heterocycles. The molecule has 0 spiro atoms. The average Bonchev–Trinajstić information content (AvgIpc) is 3.12. The van der Waals surface area contributed by atoms with Gasteiger partial charge in [0.2, 0.25) is 0 Å². The third-order valence-electron chi connectivity index (χ3n) is 8.16. The number of fused-ring (bicyclic) bond motifs is 3. The van der Waals surface area contributed by atoms with Gasteiger partial charge in [-0.3, -0.25) is 4.98 Å². The molecule has 4 nitrogen and oxygen atoms in total. The largest absolute Gasteiger partial charge is 0.251 e. The monoisotopic (exact) mass is 576 g/mol. The van der Waals surface area contributed by atoms with Gasteiger partial charge < -0.3 is 0 Å². The Morgan fingerprint density at radius 3 is 1.51 bits per heavy atom. The van der Waals surface area contributed by atoms with Crippen molar-refractivity contribution in [2.45, 2.75) is 6.92 Å². The maximum Gasteiger partial charge on any atom is 0.160 e. The lowest BCUT2D eigenvalue weighted by Crippen LogP contribution is -1.96. The highest BCUT2D eigenvalue weighted by atomic mass is 14.9. The summed E-state index contributed by atoms with van der Waals surface area (Å²) in [7, 11) is 0. The average molecular weight is 577 g/mol. The summed E-state index contributed by atoms with van der Waals surface area (Å²) in [5.74, 6) is 0.696. The molecule has 0 aliphatic carbocycles. The molecule has 8 aromatic rings. The van der Waals surface area contributed by atoms with Crippen LogP contribution in [0.4, 0.5) is 0 Å². The summed E-state index contributed by atoms with van der Waals surface area (Å²) in [5, 5.41) is 2.15. The summed E-state index contributed by atoms with van der Waals surface area (Å²) in [6.07, 6.45) is 0. The second-order valence-corrected chi connectivity index (χ2v) is 11.2. The van der Waals surface area contributed by atoms with E-state index in [1.807, 2.05) is 61.5 Å². The van der Waals surface area contributed by atoms with Gasteiger partial charge in [-0.1, -0.05) is 133 Å². The van der Waals surface area contributed by atoms with Crippen LogP contribution in [0.15, 0.2) is 152 Å². The second kappa shape index (κ2) is 11.3. The van der Waals surface area contributed by atoms with Crippen molar-refractivity contribution in [2.24, 2.45) is 0 Å². The number of nitrogens with zero attached hydrogens (tertiary/aromatic N) is 4. The Bertz CT molecular complexity index is 2240. The zero-order valence-corrected chi connectivity index (χ0v) is 24.7. The summed E-state index contributed by atoms with van der Waals surface area (Å²) in [6, 6.07) is 52.1. The van der Waals surface area contributed by atoms with E-state index in [0.717, 1.165) is 78.0 Å². The zero-order chi connectivity index (χ0) is 30.2. The molecule has 0 atom stereocenters. The molecule has 0 unspecified atom stereocenters. The summed E-state index contributed by atoms with van der Waals surface area (Å²) < 4.78 is 0. The summed E-state index contributed by atoms with van der Waals surface area (Å²) in [5.41, 5.74) is 11.9. The SMILES string of the molecule is Cc1cc(-c2ccc(-c3nc(-c4ccccc4)cc(-c4ccccc4)n3)cc2)c2ccc3ccc(-c4ccccc4)nc3c2n1. The highest BCUT2D eigenvalue weighted by molar-refractivity contribution is 6.08. The van der Waals surface area contributed by atoms with E-state index in [-0.39, 0.29) is 0 Å². The number of aryl methyl sites for hydroxylation is 1. The molecule has 4 heteroatoms. The van der Waals surface area contributed by atoms with Gasteiger partial charge in [0.05, 0.1) is 28.1 Å². The van der Waals surface area contributed by atoms with Crippen molar-refractivity contribution in [1.29, 1.82) is 0 Å². The van der Waals surface area contributed by atoms with Crippen LogP contribution in [0.25, 0.3) is 78.1 Å². The summed E-state index contributed by atoms with van der Waals surface area (Å²) in [4.78, 5) is 20.1. The smallest absolute Gasteiger partial charge is 0.160 e. The van der Waals surface area contributed by atoms with Crippen LogP contribution in [-0.4, -0.2) is 19.9 Å². The Labute approximate surface area is 261 Å². The lowest BCUT2D eigenvalue weighted by atomic mass is 9.97. The Balaban J connectivity index is 1.23. The fraction of sp³-hybridized carbons (Fsp3) is 0.0244. The standard InChI is InChI=1S/C41H28N4/c1-27-25-35(34-23-21-32-22-24-36(29-11-5-2-6-12-29)43-39(32)40(34)42-27)28-17-19-33(20-18-28)41-44-37(30-13-7-3-8-14-30)26-38(45-41)31-15-9-4-10-16-31/h2-26H,1H3. The molecule has 0 fully saturated rings.